The van der Waals surface area contributed by atoms with Gasteiger partial charge in [0.05, 0.1) is 6.61 Å². The minimum atomic E-state index is -0.251. The van der Waals surface area contributed by atoms with Gasteiger partial charge in [0.25, 0.3) is 11.8 Å². The lowest BCUT2D eigenvalue weighted by Crippen LogP contribution is -2.22. The largest absolute Gasteiger partial charge is 0.491 e. The Labute approximate surface area is 153 Å². The lowest BCUT2D eigenvalue weighted by atomic mass is 10.1. The average Bonchev–Trinajstić information content (AvgIpc) is 2.66. The average molecular weight is 356 g/mol. The molecule has 0 radical (unpaired) electrons. The molecule has 2 amide bonds. The molecule has 0 unspecified atom stereocenters. The van der Waals surface area contributed by atoms with Gasteiger partial charge in [-0.3, -0.25) is 9.59 Å². The van der Waals surface area contributed by atoms with Gasteiger partial charge in [0, 0.05) is 30.0 Å². The lowest BCUT2D eigenvalue weighted by molar-refractivity contribution is 0.0954. The summed E-state index contributed by atoms with van der Waals surface area (Å²) < 4.78 is 10.7. The molecule has 0 aliphatic carbocycles. The number of benzene rings is 2. The van der Waals surface area contributed by atoms with E-state index in [1.165, 1.54) is 0 Å². The van der Waals surface area contributed by atoms with Crippen molar-refractivity contribution in [1.82, 2.24) is 5.32 Å². The Morgan fingerprint density at radius 3 is 2.38 bits per heavy atom. The molecule has 0 atom stereocenters. The minimum Gasteiger partial charge on any atom is -0.491 e. The van der Waals surface area contributed by atoms with Gasteiger partial charge in [-0.1, -0.05) is 6.07 Å². The highest BCUT2D eigenvalue weighted by atomic mass is 16.5. The first kappa shape index (κ1) is 19.5. The molecule has 2 aromatic rings. The first-order valence-electron chi connectivity index (χ1n) is 8.64. The fourth-order valence-electron chi connectivity index (χ4n) is 2.27. The molecule has 0 saturated carbocycles. The third-order valence-corrected chi connectivity index (χ3v) is 3.54. The van der Waals surface area contributed by atoms with Crippen molar-refractivity contribution in [3.63, 3.8) is 0 Å². The van der Waals surface area contributed by atoms with E-state index >= 15 is 0 Å². The standard InChI is InChI=1S/C20H24N2O4/c1-3-21-19(23)16-6-5-7-17(14-16)22-20(24)15-8-10-18(11-9-15)26-13-12-25-4-2/h5-11,14H,3-4,12-13H2,1-2H3,(H,21,23)(H,22,24). The monoisotopic (exact) mass is 356 g/mol. The molecule has 0 aromatic heterocycles. The van der Waals surface area contributed by atoms with Gasteiger partial charge in [-0.05, 0) is 56.3 Å². The van der Waals surface area contributed by atoms with Crippen molar-refractivity contribution < 1.29 is 19.1 Å². The summed E-state index contributed by atoms with van der Waals surface area (Å²) in [4.78, 5) is 24.2. The van der Waals surface area contributed by atoms with Gasteiger partial charge in [-0.25, -0.2) is 0 Å². The Kier molecular flexibility index (Phi) is 7.64. The zero-order chi connectivity index (χ0) is 18.8. The molecule has 0 spiro atoms. The van der Waals surface area contributed by atoms with Gasteiger partial charge in [-0.2, -0.15) is 0 Å². The number of ether oxygens (including phenoxy) is 2. The van der Waals surface area contributed by atoms with Crippen LogP contribution in [0.1, 0.15) is 34.6 Å². The molecule has 0 aliphatic heterocycles. The fraction of sp³-hybridized carbons (Fsp3) is 0.300. The van der Waals surface area contributed by atoms with E-state index in [1.54, 1.807) is 48.5 Å². The Bertz CT molecular complexity index is 729. The van der Waals surface area contributed by atoms with Crippen LogP contribution in [0.25, 0.3) is 0 Å². The van der Waals surface area contributed by atoms with E-state index in [0.29, 0.717) is 48.9 Å². The van der Waals surface area contributed by atoms with Gasteiger partial charge >= 0.3 is 0 Å². The maximum atomic E-state index is 12.4. The molecule has 2 N–H and O–H groups in total. The zero-order valence-electron chi connectivity index (χ0n) is 15.1. The second-order valence-corrected chi connectivity index (χ2v) is 5.46. The summed E-state index contributed by atoms with van der Waals surface area (Å²) in [5.74, 6) is 0.260. The first-order valence-corrected chi connectivity index (χ1v) is 8.64. The second-order valence-electron chi connectivity index (χ2n) is 5.46. The van der Waals surface area contributed by atoms with Gasteiger partial charge in [0.15, 0.2) is 0 Å². The number of rotatable bonds is 9. The summed E-state index contributed by atoms with van der Waals surface area (Å²) in [6, 6.07) is 13.7. The van der Waals surface area contributed by atoms with Crippen LogP contribution in [0.4, 0.5) is 5.69 Å². The third kappa shape index (κ3) is 5.89. The minimum absolute atomic E-state index is 0.169. The maximum absolute atomic E-state index is 12.4. The maximum Gasteiger partial charge on any atom is 0.255 e. The summed E-state index contributed by atoms with van der Waals surface area (Å²) in [6.45, 7) is 5.98. The van der Waals surface area contributed by atoms with E-state index in [1.807, 2.05) is 13.8 Å². The SMILES string of the molecule is CCNC(=O)c1cccc(NC(=O)c2ccc(OCCOCC)cc2)c1. The number of carbonyl (C=O) groups is 2. The Morgan fingerprint density at radius 1 is 0.923 bits per heavy atom. The summed E-state index contributed by atoms with van der Waals surface area (Å²) in [5.41, 5.74) is 1.57. The van der Waals surface area contributed by atoms with E-state index in [9.17, 15) is 9.59 Å². The van der Waals surface area contributed by atoms with Crippen LogP contribution in [-0.2, 0) is 4.74 Å². The highest BCUT2D eigenvalue weighted by Crippen LogP contribution is 2.15. The van der Waals surface area contributed by atoms with Gasteiger partial charge < -0.3 is 20.1 Å². The number of hydrogen-bond donors (Lipinski definition) is 2. The van der Waals surface area contributed by atoms with Crippen LogP contribution < -0.4 is 15.4 Å². The van der Waals surface area contributed by atoms with Crippen LogP contribution in [0.3, 0.4) is 0 Å². The zero-order valence-corrected chi connectivity index (χ0v) is 15.1. The predicted molar refractivity (Wildman–Crippen MR) is 101 cm³/mol. The van der Waals surface area contributed by atoms with Crippen LogP contribution in [0.15, 0.2) is 48.5 Å². The summed E-state index contributed by atoms with van der Waals surface area (Å²) >= 11 is 0. The quantitative estimate of drug-likeness (QED) is 0.677. The van der Waals surface area contributed by atoms with E-state index in [-0.39, 0.29) is 11.8 Å². The lowest BCUT2D eigenvalue weighted by Gasteiger charge is -2.09. The first-order chi connectivity index (χ1) is 12.6. The Hall–Kier alpha value is -2.86. The smallest absolute Gasteiger partial charge is 0.255 e. The van der Waals surface area contributed by atoms with Crippen LogP contribution in [0.2, 0.25) is 0 Å². The number of hydrogen-bond acceptors (Lipinski definition) is 4. The van der Waals surface area contributed by atoms with Crippen LogP contribution in [0, 0.1) is 0 Å². The molecule has 138 valence electrons. The fourth-order valence-corrected chi connectivity index (χ4v) is 2.27. The highest BCUT2D eigenvalue weighted by molar-refractivity contribution is 6.05. The highest BCUT2D eigenvalue weighted by Gasteiger charge is 2.09. The summed E-state index contributed by atoms with van der Waals surface area (Å²) in [7, 11) is 0. The van der Waals surface area contributed by atoms with Crippen molar-refractivity contribution >= 4 is 17.5 Å². The van der Waals surface area contributed by atoms with Gasteiger partial charge in [-0.15, -0.1) is 0 Å². The molecular weight excluding hydrogens is 332 g/mol. The van der Waals surface area contributed by atoms with Crippen molar-refractivity contribution in [1.29, 1.82) is 0 Å². The van der Waals surface area contributed by atoms with Crippen LogP contribution in [-0.4, -0.2) is 38.2 Å². The summed E-state index contributed by atoms with van der Waals surface area (Å²) in [5, 5.41) is 5.53. The molecule has 2 rings (SSSR count). The van der Waals surface area contributed by atoms with Crippen LogP contribution in [0.5, 0.6) is 5.75 Å². The Balaban J connectivity index is 1.95. The molecule has 26 heavy (non-hydrogen) atoms. The van der Waals surface area contributed by atoms with E-state index in [2.05, 4.69) is 10.6 Å². The third-order valence-electron chi connectivity index (χ3n) is 3.54. The van der Waals surface area contributed by atoms with Gasteiger partial charge in [0.1, 0.15) is 12.4 Å². The van der Waals surface area contributed by atoms with E-state index < -0.39 is 0 Å². The van der Waals surface area contributed by atoms with Crippen molar-refractivity contribution in [2.45, 2.75) is 13.8 Å². The Morgan fingerprint density at radius 2 is 1.69 bits per heavy atom. The van der Waals surface area contributed by atoms with Crippen molar-refractivity contribution in [3.05, 3.63) is 59.7 Å². The van der Waals surface area contributed by atoms with E-state index in [0.717, 1.165) is 0 Å². The molecule has 6 heteroatoms. The van der Waals surface area contributed by atoms with Crippen LogP contribution >= 0.6 is 0 Å². The summed E-state index contributed by atoms with van der Waals surface area (Å²) in [6.07, 6.45) is 0. The number of carbonyl (C=O) groups excluding carboxylic acids is 2. The molecule has 0 bridgehead atoms. The molecule has 2 aromatic carbocycles. The molecule has 0 saturated heterocycles. The topological polar surface area (TPSA) is 76.7 Å². The molecular formula is C20H24N2O4. The van der Waals surface area contributed by atoms with Crippen molar-refractivity contribution in [2.75, 3.05) is 31.7 Å². The normalized spacial score (nSPS) is 10.2. The van der Waals surface area contributed by atoms with Gasteiger partial charge in [0.2, 0.25) is 0 Å². The molecule has 0 aliphatic rings. The molecule has 0 heterocycles. The number of anilines is 1. The molecule has 0 fully saturated rings. The number of amides is 2. The van der Waals surface area contributed by atoms with Crippen molar-refractivity contribution in [3.8, 4) is 5.75 Å². The van der Waals surface area contributed by atoms with Crippen molar-refractivity contribution in [2.24, 2.45) is 0 Å². The number of nitrogens with one attached hydrogen (secondary N) is 2. The van der Waals surface area contributed by atoms with E-state index in [4.69, 9.17) is 9.47 Å². The predicted octanol–water partition coefficient (Wildman–Crippen LogP) is 3.10. The second kappa shape index (κ2) is 10.2. The molecule has 6 nitrogen and oxygen atoms in total.